The molecular weight excluding hydrogens is 222 g/mol. The summed E-state index contributed by atoms with van der Waals surface area (Å²) in [5.41, 5.74) is -0.175. The molecule has 3 nitrogen and oxygen atoms in total. The van der Waals surface area contributed by atoms with Gasteiger partial charge in [0.05, 0.1) is 11.5 Å². The Morgan fingerprint density at radius 1 is 1.28 bits per heavy atom. The molecule has 2 aliphatic rings. The molecule has 0 saturated carbocycles. The summed E-state index contributed by atoms with van der Waals surface area (Å²) in [5, 5.41) is 12.8. The van der Waals surface area contributed by atoms with Crippen molar-refractivity contribution in [2.45, 2.75) is 64.5 Å². The van der Waals surface area contributed by atoms with Crippen molar-refractivity contribution in [2.75, 3.05) is 19.6 Å². The van der Waals surface area contributed by atoms with Crippen LogP contribution in [0.3, 0.4) is 0 Å². The van der Waals surface area contributed by atoms with Gasteiger partial charge in [-0.05, 0) is 65.6 Å². The molecule has 0 bridgehead atoms. The Balaban J connectivity index is 1.89. The highest BCUT2D eigenvalue weighted by atomic mass is 15.2. The Bertz CT molecular complexity index is 299. The monoisotopic (exact) mass is 249 g/mol. The topological polar surface area (TPSA) is 39.1 Å². The van der Waals surface area contributed by atoms with Crippen molar-refractivity contribution < 1.29 is 0 Å². The highest BCUT2D eigenvalue weighted by Crippen LogP contribution is 2.27. The van der Waals surface area contributed by atoms with Crippen LogP contribution in [0.1, 0.15) is 52.4 Å². The van der Waals surface area contributed by atoms with Gasteiger partial charge in [0.1, 0.15) is 0 Å². The number of nitriles is 1. The molecule has 1 N–H and O–H groups in total. The summed E-state index contributed by atoms with van der Waals surface area (Å²) in [4.78, 5) is 2.64. The first-order valence-electron chi connectivity index (χ1n) is 7.51. The molecule has 2 rings (SSSR count). The molecule has 0 spiro atoms. The van der Waals surface area contributed by atoms with Gasteiger partial charge in [-0.3, -0.25) is 4.90 Å². The fourth-order valence-corrected chi connectivity index (χ4v) is 3.27. The van der Waals surface area contributed by atoms with E-state index in [-0.39, 0.29) is 5.41 Å². The molecular formula is C15H27N3. The molecule has 2 aliphatic heterocycles. The molecule has 2 fully saturated rings. The Morgan fingerprint density at radius 2 is 2.11 bits per heavy atom. The predicted octanol–water partition coefficient (Wildman–Crippen LogP) is 2.53. The summed E-state index contributed by atoms with van der Waals surface area (Å²) in [6.45, 7) is 7.62. The Hall–Kier alpha value is -0.590. The third kappa shape index (κ3) is 3.46. The number of likely N-dealkylation sites (tertiary alicyclic amines) is 1. The van der Waals surface area contributed by atoms with Crippen LogP contribution in [0.4, 0.5) is 0 Å². The van der Waals surface area contributed by atoms with Crippen molar-refractivity contribution >= 4 is 0 Å². The first-order chi connectivity index (χ1) is 8.62. The van der Waals surface area contributed by atoms with Gasteiger partial charge in [0, 0.05) is 12.1 Å². The second kappa shape index (κ2) is 6.04. The van der Waals surface area contributed by atoms with Gasteiger partial charge in [-0.15, -0.1) is 0 Å². The van der Waals surface area contributed by atoms with Crippen molar-refractivity contribution in [3.05, 3.63) is 0 Å². The lowest BCUT2D eigenvalue weighted by atomic mass is 9.89. The van der Waals surface area contributed by atoms with E-state index >= 15 is 0 Å². The van der Waals surface area contributed by atoms with Crippen LogP contribution in [0.25, 0.3) is 0 Å². The van der Waals surface area contributed by atoms with E-state index in [0.717, 1.165) is 19.0 Å². The molecule has 0 aromatic carbocycles. The van der Waals surface area contributed by atoms with Crippen LogP contribution in [0, 0.1) is 16.7 Å². The van der Waals surface area contributed by atoms with Gasteiger partial charge < -0.3 is 5.32 Å². The fraction of sp³-hybridized carbons (Fsp3) is 0.933. The van der Waals surface area contributed by atoms with Crippen molar-refractivity contribution in [3.8, 4) is 6.07 Å². The summed E-state index contributed by atoms with van der Waals surface area (Å²) >= 11 is 0. The standard InChI is InChI=1S/C15H27N3/c1-15(2,12-16)8-11-18-10-4-3-7-14(18)13-6-5-9-17-13/h13-14,17H,3-11H2,1-2H3. The lowest BCUT2D eigenvalue weighted by Gasteiger charge is -2.40. The van der Waals surface area contributed by atoms with Gasteiger partial charge >= 0.3 is 0 Å². The molecule has 102 valence electrons. The van der Waals surface area contributed by atoms with E-state index in [1.807, 2.05) is 0 Å². The lowest BCUT2D eigenvalue weighted by Crippen LogP contribution is -2.50. The van der Waals surface area contributed by atoms with Crippen molar-refractivity contribution in [1.29, 1.82) is 5.26 Å². The van der Waals surface area contributed by atoms with Gasteiger partial charge in [0.2, 0.25) is 0 Å². The van der Waals surface area contributed by atoms with E-state index in [4.69, 9.17) is 5.26 Å². The summed E-state index contributed by atoms with van der Waals surface area (Å²) < 4.78 is 0. The first-order valence-corrected chi connectivity index (χ1v) is 7.51. The normalized spacial score (nSPS) is 30.3. The van der Waals surface area contributed by atoms with Crippen LogP contribution >= 0.6 is 0 Å². The number of rotatable bonds is 4. The van der Waals surface area contributed by atoms with Crippen LogP contribution in [-0.4, -0.2) is 36.6 Å². The third-order valence-corrected chi connectivity index (χ3v) is 4.55. The van der Waals surface area contributed by atoms with E-state index in [9.17, 15) is 0 Å². The summed E-state index contributed by atoms with van der Waals surface area (Å²) in [6.07, 6.45) is 7.70. The minimum absolute atomic E-state index is 0.175. The largest absolute Gasteiger partial charge is 0.312 e. The number of hydrogen-bond acceptors (Lipinski definition) is 3. The molecule has 0 aromatic heterocycles. The SMILES string of the molecule is CC(C)(C#N)CCN1CCCCC1C1CCCN1. The lowest BCUT2D eigenvalue weighted by molar-refractivity contribution is 0.109. The summed E-state index contributed by atoms with van der Waals surface area (Å²) in [6, 6.07) is 3.85. The van der Waals surface area contributed by atoms with E-state index in [2.05, 4.69) is 30.1 Å². The molecule has 2 heterocycles. The van der Waals surface area contributed by atoms with Crippen LogP contribution in [0.5, 0.6) is 0 Å². The summed E-state index contributed by atoms with van der Waals surface area (Å²) in [5.74, 6) is 0. The van der Waals surface area contributed by atoms with Gasteiger partial charge in [0.25, 0.3) is 0 Å². The molecule has 0 aromatic rings. The van der Waals surface area contributed by atoms with E-state index in [1.54, 1.807) is 0 Å². The van der Waals surface area contributed by atoms with E-state index in [0.29, 0.717) is 6.04 Å². The predicted molar refractivity (Wildman–Crippen MR) is 74.2 cm³/mol. The van der Waals surface area contributed by atoms with Crippen LogP contribution < -0.4 is 5.32 Å². The molecule has 0 aliphatic carbocycles. The second-order valence-electron chi connectivity index (χ2n) is 6.55. The maximum atomic E-state index is 9.12. The van der Waals surface area contributed by atoms with Gasteiger partial charge in [-0.1, -0.05) is 6.42 Å². The minimum Gasteiger partial charge on any atom is -0.312 e. The molecule has 3 heteroatoms. The van der Waals surface area contributed by atoms with E-state index in [1.165, 1.54) is 45.2 Å². The minimum atomic E-state index is -0.175. The van der Waals surface area contributed by atoms with Crippen LogP contribution in [-0.2, 0) is 0 Å². The number of piperidine rings is 1. The smallest absolute Gasteiger partial charge is 0.0684 e. The first kappa shape index (κ1) is 13.8. The third-order valence-electron chi connectivity index (χ3n) is 4.55. The van der Waals surface area contributed by atoms with Crippen molar-refractivity contribution in [2.24, 2.45) is 5.41 Å². The molecule has 2 atom stereocenters. The number of hydrogen-bond donors (Lipinski definition) is 1. The molecule has 18 heavy (non-hydrogen) atoms. The molecule has 0 amide bonds. The highest BCUT2D eigenvalue weighted by Gasteiger charge is 2.32. The zero-order valence-corrected chi connectivity index (χ0v) is 11.9. The van der Waals surface area contributed by atoms with Gasteiger partial charge in [0.15, 0.2) is 0 Å². The fourth-order valence-electron chi connectivity index (χ4n) is 3.27. The number of nitrogens with zero attached hydrogens (tertiary/aromatic N) is 2. The summed E-state index contributed by atoms with van der Waals surface area (Å²) in [7, 11) is 0. The average molecular weight is 249 g/mol. The molecule has 2 saturated heterocycles. The van der Waals surface area contributed by atoms with Gasteiger partial charge in [-0.25, -0.2) is 0 Å². The second-order valence-corrected chi connectivity index (χ2v) is 6.55. The number of nitrogens with one attached hydrogen (secondary N) is 1. The van der Waals surface area contributed by atoms with Crippen molar-refractivity contribution in [1.82, 2.24) is 10.2 Å². The zero-order valence-electron chi connectivity index (χ0n) is 11.9. The van der Waals surface area contributed by atoms with E-state index < -0.39 is 0 Å². The quantitative estimate of drug-likeness (QED) is 0.832. The average Bonchev–Trinajstić information content (AvgIpc) is 2.91. The van der Waals surface area contributed by atoms with Crippen molar-refractivity contribution in [3.63, 3.8) is 0 Å². The maximum absolute atomic E-state index is 9.12. The maximum Gasteiger partial charge on any atom is 0.0684 e. The van der Waals surface area contributed by atoms with Crippen LogP contribution in [0.15, 0.2) is 0 Å². The zero-order chi connectivity index (χ0) is 13.0. The Labute approximate surface area is 112 Å². The van der Waals surface area contributed by atoms with Crippen LogP contribution in [0.2, 0.25) is 0 Å². The Kier molecular flexibility index (Phi) is 4.64. The molecule has 0 radical (unpaired) electrons. The highest BCUT2D eigenvalue weighted by molar-refractivity contribution is 4.95. The Morgan fingerprint density at radius 3 is 2.78 bits per heavy atom. The van der Waals surface area contributed by atoms with Gasteiger partial charge in [-0.2, -0.15) is 5.26 Å². The molecule has 2 unspecified atom stereocenters.